The van der Waals surface area contributed by atoms with Crippen molar-refractivity contribution < 1.29 is 0 Å². The summed E-state index contributed by atoms with van der Waals surface area (Å²) < 4.78 is 3.25. The topological polar surface area (TPSA) is 66.0 Å². The molecule has 6 nitrogen and oxygen atoms in total. The minimum atomic E-state index is -0.725. The van der Waals surface area contributed by atoms with Crippen LogP contribution in [-0.4, -0.2) is 13.7 Å². The van der Waals surface area contributed by atoms with Gasteiger partial charge in [-0.3, -0.25) is 0 Å². The van der Waals surface area contributed by atoms with Crippen LogP contribution in [0.15, 0.2) is 136 Å². The molecule has 1 heterocycles. The maximum absolute atomic E-state index is 14.3. The molecule has 0 unspecified atom stereocenters. The number of hydrogen-bond donors (Lipinski definition) is 0. The number of aromatic nitrogens is 3. The van der Waals surface area contributed by atoms with E-state index in [1.54, 1.807) is 12.1 Å². The molecule has 40 heavy (non-hydrogen) atoms. The number of fused-ring (bicyclic) bond motifs is 4. The van der Waals surface area contributed by atoms with Gasteiger partial charge in [-0.1, -0.05) is 78.9 Å². The van der Waals surface area contributed by atoms with Crippen LogP contribution in [0.25, 0.3) is 54.5 Å². The van der Waals surface area contributed by atoms with E-state index in [0.717, 1.165) is 56.8 Å². The molecule has 6 aromatic carbocycles. The second-order valence-corrected chi connectivity index (χ2v) is 9.81. The van der Waals surface area contributed by atoms with Crippen molar-refractivity contribution in [1.29, 1.82) is 0 Å². The lowest BCUT2D eigenvalue weighted by Gasteiger charge is -2.16. The van der Waals surface area contributed by atoms with E-state index in [9.17, 15) is 14.4 Å². The van der Waals surface area contributed by atoms with Gasteiger partial charge in [0.1, 0.15) is 0 Å². The Kier molecular flexibility index (Phi) is 5.35. The molecule has 0 aliphatic carbocycles. The van der Waals surface area contributed by atoms with E-state index in [-0.39, 0.29) is 6.54 Å². The third kappa shape index (κ3) is 3.54. The SMILES string of the molecule is C=CCn1c(=O)n(-c2cccc3cc4ccccc4cc23)c(=O)n(-c2cccc3cc4ccccc4cc23)c1=O. The van der Waals surface area contributed by atoms with Crippen LogP contribution in [0.1, 0.15) is 0 Å². The maximum Gasteiger partial charge on any atom is 0.345 e. The highest BCUT2D eigenvalue weighted by Crippen LogP contribution is 2.28. The molecule has 7 rings (SSSR count). The standard InChI is InChI=1S/C34H23N3O3/c1-2-17-35-32(38)36(30-15-7-13-26-18-22-9-3-5-11-24(22)20-28(26)30)34(40)37(33(35)39)31-16-8-14-27-19-23-10-4-6-12-25(23)21-29(27)31/h2-16,18-21H,1,17H2. The van der Waals surface area contributed by atoms with Crippen molar-refractivity contribution in [2.45, 2.75) is 6.54 Å². The van der Waals surface area contributed by atoms with Gasteiger partial charge in [-0.05, 0) is 68.7 Å². The molecule has 0 saturated heterocycles. The van der Waals surface area contributed by atoms with Crippen molar-refractivity contribution in [3.05, 3.63) is 153 Å². The Balaban J connectivity index is 1.61. The van der Waals surface area contributed by atoms with Crippen molar-refractivity contribution in [2.75, 3.05) is 0 Å². The van der Waals surface area contributed by atoms with E-state index in [4.69, 9.17) is 0 Å². The summed E-state index contributed by atoms with van der Waals surface area (Å²) in [5.41, 5.74) is -1.32. The molecule has 0 atom stereocenters. The molecule has 192 valence electrons. The van der Waals surface area contributed by atoms with E-state index < -0.39 is 17.1 Å². The summed E-state index contributed by atoms with van der Waals surface area (Å²) in [5, 5.41) is 7.30. The van der Waals surface area contributed by atoms with Crippen LogP contribution < -0.4 is 17.1 Å². The van der Waals surface area contributed by atoms with Gasteiger partial charge < -0.3 is 0 Å². The van der Waals surface area contributed by atoms with Crippen LogP contribution in [0.3, 0.4) is 0 Å². The number of allylic oxidation sites excluding steroid dienone is 1. The molecule has 0 N–H and O–H groups in total. The van der Waals surface area contributed by atoms with Crippen LogP contribution in [0.2, 0.25) is 0 Å². The first-order valence-corrected chi connectivity index (χ1v) is 13.0. The van der Waals surface area contributed by atoms with E-state index in [2.05, 4.69) is 6.58 Å². The van der Waals surface area contributed by atoms with Crippen molar-refractivity contribution in [3.8, 4) is 11.4 Å². The van der Waals surface area contributed by atoms with Gasteiger partial charge in [-0.25, -0.2) is 28.1 Å². The highest BCUT2D eigenvalue weighted by molar-refractivity contribution is 6.03. The molecular weight excluding hydrogens is 498 g/mol. The fraction of sp³-hybridized carbons (Fsp3) is 0.0294. The van der Waals surface area contributed by atoms with E-state index in [1.165, 1.54) is 6.08 Å². The predicted molar refractivity (Wildman–Crippen MR) is 162 cm³/mol. The summed E-state index contributed by atoms with van der Waals surface area (Å²) in [5.74, 6) is 0. The smallest absolute Gasteiger partial charge is 0.247 e. The second kappa shape index (κ2) is 9.06. The number of rotatable bonds is 4. The first-order valence-electron chi connectivity index (χ1n) is 13.0. The van der Waals surface area contributed by atoms with Crippen molar-refractivity contribution >= 4 is 43.1 Å². The largest absolute Gasteiger partial charge is 0.345 e. The first-order chi connectivity index (χ1) is 19.5. The first kappa shape index (κ1) is 23.6. The highest BCUT2D eigenvalue weighted by atomic mass is 16.2. The Morgan fingerprint density at radius 1 is 0.500 bits per heavy atom. The summed E-state index contributed by atoms with van der Waals surface area (Å²) in [6, 6.07) is 34.9. The Morgan fingerprint density at radius 3 is 1.32 bits per heavy atom. The third-order valence-corrected chi connectivity index (χ3v) is 7.47. The molecular formula is C34H23N3O3. The van der Waals surface area contributed by atoms with Gasteiger partial charge in [0.05, 0.1) is 17.9 Å². The summed E-state index contributed by atoms with van der Waals surface area (Å²) in [4.78, 5) is 41.9. The molecule has 0 radical (unpaired) electrons. The Bertz CT molecular complexity index is 2180. The average Bonchev–Trinajstić information content (AvgIpc) is 2.97. The minimum Gasteiger partial charge on any atom is -0.247 e. The molecule has 0 fully saturated rings. The lowest BCUT2D eigenvalue weighted by Crippen LogP contribution is -2.53. The molecule has 0 aliphatic rings. The number of benzene rings is 6. The monoisotopic (exact) mass is 521 g/mol. The van der Waals surface area contributed by atoms with Crippen molar-refractivity contribution in [2.24, 2.45) is 0 Å². The molecule has 0 amide bonds. The molecule has 0 bridgehead atoms. The van der Waals surface area contributed by atoms with Gasteiger partial charge >= 0.3 is 17.1 Å². The summed E-state index contributed by atoms with van der Waals surface area (Å²) in [7, 11) is 0. The van der Waals surface area contributed by atoms with Crippen molar-refractivity contribution in [3.63, 3.8) is 0 Å². The summed E-state index contributed by atoms with van der Waals surface area (Å²) in [6.45, 7) is 3.70. The van der Waals surface area contributed by atoms with Crippen molar-refractivity contribution in [1.82, 2.24) is 13.7 Å². The van der Waals surface area contributed by atoms with E-state index in [0.29, 0.717) is 11.4 Å². The zero-order valence-electron chi connectivity index (χ0n) is 21.5. The summed E-state index contributed by atoms with van der Waals surface area (Å²) >= 11 is 0. The van der Waals surface area contributed by atoms with Crippen LogP contribution in [0.5, 0.6) is 0 Å². The molecule has 1 aromatic heterocycles. The zero-order valence-corrected chi connectivity index (χ0v) is 21.5. The Morgan fingerprint density at radius 2 is 0.900 bits per heavy atom. The van der Waals surface area contributed by atoms with Gasteiger partial charge in [0.15, 0.2) is 0 Å². The molecule has 0 spiro atoms. The lowest BCUT2D eigenvalue weighted by molar-refractivity contribution is 0.591. The molecule has 0 aliphatic heterocycles. The van der Waals surface area contributed by atoms with Crippen LogP contribution in [0.4, 0.5) is 0 Å². The van der Waals surface area contributed by atoms with Crippen LogP contribution in [0, 0.1) is 0 Å². The Hall–Kier alpha value is -5.49. The van der Waals surface area contributed by atoms with E-state index >= 15 is 0 Å². The summed E-state index contributed by atoms with van der Waals surface area (Å²) in [6.07, 6.45) is 1.48. The maximum atomic E-state index is 14.3. The third-order valence-electron chi connectivity index (χ3n) is 7.47. The van der Waals surface area contributed by atoms with Crippen LogP contribution in [-0.2, 0) is 6.54 Å². The normalized spacial score (nSPS) is 11.5. The minimum absolute atomic E-state index is 0.0423. The lowest BCUT2D eigenvalue weighted by atomic mass is 10.0. The quantitative estimate of drug-likeness (QED) is 0.212. The van der Waals surface area contributed by atoms with Gasteiger partial charge in [0.25, 0.3) is 0 Å². The number of hydrogen-bond acceptors (Lipinski definition) is 3. The predicted octanol–water partition coefficient (Wildman–Crippen LogP) is 5.95. The molecule has 0 saturated carbocycles. The van der Waals surface area contributed by atoms with E-state index in [1.807, 2.05) is 97.1 Å². The van der Waals surface area contributed by atoms with Gasteiger partial charge in [0, 0.05) is 10.8 Å². The Labute approximate surface area is 227 Å². The number of nitrogens with zero attached hydrogens (tertiary/aromatic N) is 3. The zero-order chi connectivity index (χ0) is 27.4. The second-order valence-electron chi connectivity index (χ2n) is 9.81. The highest BCUT2D eigenvalue weighted by Gasteiger charge is 2.20. The fourth-order valence-electron chi connectivity index (χ4n) is 5.57. The van der Waals surface area contributed by atoms with Gasteiger partial charge in [-0.2, -0.15) is 0 Å². The van der Waals surface area contributed by atoms with Gasteiger partial charge in [0.2, 0.25) is 0 Å². The fourth-order valence-corrected chi connectivity index (χ4v) is 5.57. The average molecular weight is 522 g/mol. The molecule has 6 heteroatoms. The van der Waals surface area contributed by atoms with Gasteiger partial charge in [-0.15, -0.1) is 6.58 Å². The van der Waals surface area contributed by atoms with Crippen LogP contribution >= 0.6 is 0 Å². The molecule has 7 aromatic rings.